The van der Waals surface area contributed by atoms with Gasteiger partial charge in [-0.1, -0.05) is 58.4 Å². The molecule has 0 aliphatic heterocycles. The Labute approximate surface area is 120 Å². The van der Waals surface area contributed by atoms with E-state index in [0.717, 1.165) is 26.8 Å². The van der Waals surface area contributed by atoms with Crippen LogP contribution in [0.3, 0.4) is 0 Å². The van der Waals surface area contributed by atoms with Crippen LogP contribution in [0.25, 0.3) is 22.9 Å². The van der Waals surface area contributed by atoms with Crippen molar-refractivity contribution in [1.82, 2.24) is 9.61 Å². The number of rotatable bonds is 2. The van der Waals surface area contributed by atoms with Crippen LogP contribution >= 0.6 is 15.9 Å². The molecular formula is C16H13BrN2. The number of pyridine rings is 1. The third kappa shape index (κ3) is 2.22. The smallest absolute Gasteiger partial charge is 0.101 e. The van der Waals surface area contributed by atoms with E-state index in [1.165, 1.54) is 0 Å². The summed E-state index contributed by atoms with van der Waals surface area (Å²) in [6, 6.07) is 14.4. The largest absolute Gasteiger partial charge is 0.240 e. The van der Waals surface area contributed by atoms with E-state index < -0.39 is 0 Å². The Morgan fingerprint density at radius 3 is 2.68 bits per heavy atom. The lowest BCUT2D eigenvalue weighted by Gasteiger charge is -1.98. The maximum absolute atomic E-state index is 4.69. The van der Waals surface area contributed by atoms with Crippen molar-refractivity contribution in [1.29, 1.82) is 0 Å². The summed E-state index contributed by atoms with van der Waals surface area (Å²) in [5.41, 5.74) is 4.40. The molecule has 0 N–H and O–H groups in total. The van der Waals surface area contributed by atoms with Crippen LogP contribution in [0.4, 0.5) is 0 Å². The van der Waals surface area contributed by atoms with Crippen LogP contribution < -0.4 is 0 Å². The molecule has 3 aromatic rings. The van der Waals surface area contributed by atoms with Gasteiger partial charge in [0, 0.05) is 21.8 Å². The topological polar surface area (TPSA) is 17.3 Å². The van der Waals surface area contributed by atoms with Crippen LogP contribution in [0, 0.1) is 0 Å². The third-order valence-corrected chi connectivity index (χ3v) is 3.51. The molecule has 0 bridgehead atoms. The van der Waals surface area contributed by atoms with Crippen LogP contribution in [0.2, 0.25) is 0 Å². The molecular weight excluding hydrogens is 300 g/mol. The van der Waals surface area contributed by atoms with Crippen molar-refractivity contribution in [3.63, 3.8) is 0 Å². The van der Waals surface area contributed by atoms with Gasteiger partial charge in [-0.05, 0) is 19.1 Å². The second kappa shape index (κ2) is 5.02. The van der Waals surface area contributed by atoms with E-state index in [1.54, 1.807) is 0 Å². The molecule has 0 saturated heterocycles. The third-order valence-electron chi connectivity index (χ3n) is 3.02. The first-order valence-electron chi connectivity index (χ1n) is 6.15. The summed E-state index contributed by atoms with van der Waals surface area (Å²) in [6.07, 6.45) is 6.13. The number of hydrogen-bond acceptors (Lipinski definition) is 1. The first-order valence-corrected chi connectivity index (χ1v) is 6.95. The number of aromatic nitrogens is 2. The molecule has 0 aliphatic carbocycles. The maximum Gasteiger partial charge on any atom is 0.101 e. The second-order valence-corrected chi connectivity index (χ2v) is 5.22. The lowest BCUT2D eigenvalue weighted by Crippen LogP contribution is -1.85. The minimum Gasteiger partial charge on any atom is -0.240 e. The highest BCUT2D eigenvalue weighted by molar-refractivity contribution is 9.10. The predicted octanol–water partition coefficient (Wildman–Crippen LogP) is 4.80. The van der Waals surface area contributed by atoms with E-state index in [9.17, 15) is 0 Å². The fourth-order valence-corrected chi connectivity index (χ4v) is 2.51. The molecule has 0 radical (unpaired) electrons. The van der Waals surface area contributed by atoms with Crippen LogP contribution in [0.1, 0.15) is 12.5 Å². The van der Waals surface area contributed by atoms with Gasteiger partial charge in [-0.3, -0.25) is 0 Å². The molecule has 1 aromatic carbocycles. The Morgan fingerprint density at radius 2 is 1.95 bits per heavy atom. The molecule has 2 nitrogen and oxygen atoms in total. The molecule has 0 amide bonds. The molecule has 0 unspecified atom stereocenters. The highest BCUT2D eigenvalue weighted by Gasteiger charge is 2.11. The quantitative estimate of drug-likeness (QED) is 0.664. The Hall–Kier alpha value is -1.87. The molecule has 19 heavy (non-hydrogen) atoms. The van der Waals surface area contributed by atoms with E-state index in [0.29, 0.717) is 0 Å². The van der Waals surface area contributed by atoms with Crippen molar-refractivity contribution in [2.24, 2.45) is 0 Å². The minimum absolute atomic E-state index is 1.01. The average molecular weight is 313 g/mol. The zero-order valence-corrected chi connectivity index (χ0v) is 12.1. The highest BCUT2D eigenvalue weighted by atomic mass is 79.9. The number of halogens is 1. The minimum atomic E-state index is 1.01. The van der Waals surface area contributed by atoms with E-state index >= 15 is 0 Å². The zero-order chi connectivity index (χ0) is 13.2. The molecule has 0 spiro atoms. The molecule has 0 aliphatic rings. The lowest BCUT2D eigenvalue weighted by molar-refractivity contribution is 0.964. The average Bonchev–Trinajstić information content (AvgIpc) is 2.79. The summed E-state index contributed by atoms with van der Waals surface area (Å²) in [5.74, 6) is 0. The van der Waals surface area contributed by atoms with Gasteiger partial charge in [0.25, 0.3) is 0 Å². The summed E-state index contributed by atoms with van der Waals surface area (Å²) in [7, 11) is 0. The number of fused-ring (bicyclic) bond motifs is 1. The number of benzene rings is 1. The lowest BCUT2D eigenvalue weighted by atomic mass is 10.1. The van der Waals surface area contributed by atoms with Gasteiger partial charge in [0.2, 0.25) is 0 Å². The first kappa shape index (κ1) is 12.2. The van der Waals surface area contributed by atoms with Crippen LogP contribution in [-0.2, 0) is 0 Å². The molecule has 94 valence electrons. The molecule has 3 heteroatoms. The SMILES string of the molecule is C/C=C/c1c(-c2ccccc2)nn2ccc(Br)cc12. The number of allylic oxidation sites excluding steroid dienone is 1. The Kier molecular flexibility index (Phi) is 3.22. The summed E-state index contributed by atoms with van der Waals surface area (Å²) < 4.78 is 2.98. The Balaban J connectivity index is 2.33. The van der Waals surface area contributed by atoms with E-state index in [2.05, 4.69) is 45.3 Å². The van der Waals surface area contributed by atoms with Crippen LogP contribution in [0.5, 0.6) is 0 Å². The van der Waals surface area contributed by atoms with Gasteiger partial charge in [0.05, 0.1) is 5.52 Å². The van der Waals surface area contributed by atoms with Crippen molar-refractivity contribution in [2.45, 2.75) is 6.92 Å². The van der Waals surface area contributed by atoms with E-state index in [1.807, 2.05) is 48.0 Å². The predicted molar refractivity (Wildman–Crippen MR) is 83.0 cm³/mol. The molecule has 0 saturated carbocycles. The van der Waals surface area contributed by atoms with Crippen molar-refractivity contribution in [2.75, 3.05) is 0 Å². The van der Waals surface area contributed by atoms with E-state index in [-0.39, 0.29) is 0 Å². The van der Waals surface area contributed by atoms with Gasteiger partial charge in [-0.25, -0.2) is 4.52 Å². The van der Waals surface area contributed by atoms with Crippen molar-refractivity contribution in [3.05, 3.63) is 64.8 Å². The Bertz CT molecular complexity index is 742. The molecule has 2 aromatic heterocycles. The standard InChI is InChI=1S/C16H13BrN2/c1-2-6-14-15-11-13(17)9-10-19(15)18-16(14)12-7-4-3-5-8-12/h2-11H,1H3/b6-2+. The van der Waals surface area contributed by atoms with Gasteiger partial charge < -0.3 is 0 Å². The second-order valence-electron chi connectivity index (χ2n) is 4.30. The number of nitrogens with zero attached hydrogens (tertiary/aromatic N) is 2. The van der Waals surface area contributed by atoms with Crippen LogP contribution in [-0.4, -0.2) is 9.61 Å². The van der Waals surface area contributed by atoms with Gasteiger partial charge in [-0.2, -0.15) is 5.10 Å². The van der Waals surface area contributed by atoms with Gasteiger partial charge in [0.15, 0.2) is 0 Å². The van der Waals surface area contributed by atoms with E-state index in [4.69, 9.17) is 0 Å². The molecule has 2 heterocycles. The number of hydrogen-bond donors (Lipinski definition) is 0. The van der Waals surface area contributed by atoms with Gasteiger partial charge >= 0.3 is 0 Å². The summed E-state index contributed by atoms with van der Waals surface area (Å²) in [6.45, 7) is 2.02. The zero-order valence-electron chi connectivity index (χ0n) is 10.5. The van der Waals surface area contributed by atoms with Gasteiger partial charge in [0.1, 0.15) is 5.69 Å². The highest BCUT2D eigenvalue weighted by Crippen LogP contribution is 2.28. The summed E-state index contributed by atoms with van der Waals surface area (Å²) in [4.78, 5) is 0. The van der Waals surface area contributed by atoms with Crippen molar-refractivity contribution in [3.8, 4) is 11.3 Å². The fourth-order valence-electron chi connectivity index (χ4n) is 2.18. The fraction of sp³-hybridized carbons (Fsp3) is 0.0625. The van der Waals surface area contributed by atoms with Gasteiger partial charge in [-0.15, -0.1) is 0 Å². The molecule has 0 atom stereocenters. The first-order chi connectivity index (χ1) is 9.29. The summed E-state index contributed by atoms with van der Waals surface area (Å²) >= 11 is 3.52. The Morgan fingerprint density at radius 1 is 1.16 bits per heavy atom. The monoisotopic (exact) mass is 312 g/mol. The van der Waals surface area contributed by atoms with Crippen molar-refractivity contribution >= 4 is 27.5 Å². The molecule has 0 fully saturated rings. The molecule has 3 rings (SSSR count). The normalized spacial score (nSPS) is 11.5. The van der Waals surface area contributed by atoms with Crippen molar-refractivity contribution < 1.29 is 0 Å². The maximum atomic E-state index is 4.69. The summed E-state index contributed by atoms with van der Waals surface area (Å²) in [5, 5.41) is 4.69. The van der Waals surface area contributed by atoms with Crippen LogP contribution in [0.15, 0.2) is 59.2 Å².